The predicted molar refractivity (Wildman–Crippen MR) is 99.1 cm³/mol. The van der Waals surface area contributed by atoms with Gasteiger partial charge in [0.1, 0.15) is 23.8 Å². The number of halogens is 1. The molecule has 0 spiro atoms. The summed E-state index contributed by atoms with van der Waals surface area (Å²) in [5, 5.41) is 6.58. The van der Waals surface area contributed by atoms with Gasteiger partial charge in [-0.05, 0) is 36.6 Å². The molecule has 0 aliphatic carbocycles. The number of aromatic nitrogens is 2. The van der Waals surface area contributed by atoms with Crippen molar-refractivity contribution in [1.82, 2.24) is 9.97 Å². The van der Waals surface area contributed by atoms with Gasteiger partial charge in [0.25, 0.3) is 0 Å². The van der Waals surface area contributed by atoms with Crippen molar-refractivity contribution in [3.05, 3.63) is 83.4 Å². The molecule has 0 atom stereocenters. The maximum Gasteiger partial charge on any atom is 0.131 e. The molecule has 0 bridgehead atoms. The van der Waals surface area contributed by atoms with Gasteiger partial charge >= 0.3 is 0 Å². The second-order valence-corrected chi connectivity index (χ2v) is 5.93. The van der Waals surface area contributed by atoms with Crippen molar-refractivity contribution >= 4 is 11.6 Å². The van der Waals surface area contributed by atoms with Gasteiger partial charge in [-0.1, -0.05) is 42.0 Å². The number of rotatable bonds is 7. The number of nitrogens with zero attached hydrogens (tertiary/aromatic N) is 2. The highest BCUT2D eigenvalue weighted by Gasteiger charge is 2.00. The Hall–Kier alpha value is -2.95. The first-order valence-electron chi connectivity index (χ1n) is 8.29. The van der Waals surface area contributed by atoms with E-state index >= 15 is 0 Å². The molecule has 1 aromatic heterocycles. The Morgan fingerprint density at radius 1 is 0.880 bits per heavy atom. The monoisotopic (exact) mass is 336 g/mol. The highest BCUT2D eigenvalue weighted by molar-refractivity contribution is 5.47. The highest BCUT2D eigenvalue weighted by Crippen LogP contribution is 2.12. The highest BCUT2D eigenvalue weighted by atomic mass is 19.1. The van der Waals surface area contributed by atoms with Crippen LogP contribution < -0.4 is 10.6 Å². The number of hydrogen-bond acceptors (Lipinski definition) is 4. The summed E-state index contributed by atoms with van der Waals surface area (Å²) in [4.78, 5) is 8.48. The summed E-state index contributed by atoms with van der Waals surface area (Å²) < 4.78 is 12.9. The van der Waals surface area contributed by atoms with E-state index in [0.717, 1.165) is 30.2 Å². The van der Waals surface area contributed by atoms with Crippen LogP contribution in [0.25, 0.3) is 0 Å². The van der Waals surface area contributed by atoms with E-state index in [4.69, 9.17) is 0 Å². The van der Waals surface area contributed by atoms with Crippen LogP contribution >= 0.6 is 0 Å². The van der Waals surface area contributed by atoms with Crippen LogP contribution in [0.2, 0.25) is 0 Å². The standard InChI is InChI=1S/C20H21FN4/c1-15-3-2-4-17(11-15)13-23-20-12-19(24-14-25-20)22-10-9-16-5-7-18(21)8-6-16/h2-8,11-12,14H,9-10,13H2,1H3,(H2,22,23,24,25). The van der Waals surface area contributed by atoms with Crippen LogP contribution in [0.5, 0.6) is 0 Å². The summed E-state index contributed by atoms with van der Waals surface area (Å²) in [7, 11) is 0. The molecule has 0 saturated heterocycles. The van der Waals surface area contributed by atoms with Crippen molar-refractivity contribution < 1.29 is 4.39 Å². The molecular formula is C20H21FN4. The molecular weight excluding hydrogens is 315 g/mol. The fourth-order valence-corrected chi connectivity index (χ4v) is 2.55. The lowest BCUT2D eigenvalue weighted by atomic mass is 10.1. The third-order valence-electron chi connectivity index (χ3n) is 3.86. The maximum atomic E-state index is 12.9. The van der Waals surface area contributed by atoms with Crippen molar-refractivity contribution in [3.8, 4) is 0 Å². The van der Waals surface area contributed by atoms with Crippen molar-refractivity contribution in [2.75, 3.05) is 17.2 Å². The molecule has 2 N–H and O–H groups in total. The van der Waals surface area contributed by atoms with Crippen LogP contribution in [0.4, 0.5) is 16.0 Å². The largest absolute Gasteiger partial charge is 0.370 e. The molecule has 3 rings (SSSR count). The zero-order valence-corrected chi connectivity index (χ0v) is 14.2. The van der Waals surface area contributed by atoms with E-state index in [9.17, 15) is 4.39 Å². The zero-order valence-electron chi connectivity index (χ0n) is 14.2. The average Bonchev–Trinajstić information content (AvgIpc) is 2.62. The van der Waals surface area contributed by atoms with E-state index in [0.29, 0.717) is 6.54 Å². The van der Waals surface area contributed by atoms with Crippen molar-refractivity contribution in [1.29, 1.82) is 0 Å². The van der Waals surface area contributed by atoms with Crippen LogP contribution in [0.15, 0.2) is 60.9 Å². The predicted octanol–water partition coefficient (Wildman–Crippen LogP) is 4.19. The van der Waals surface area contributed by atoms with E-state index in [1.807, 2.05) is 6.07 Å². The number of hydrogen-bond donors (Lipinski definition) is 2. The summed E-state index contributed by atoms with van der Waals surface area (Å²) in [6, 6.07) is 16.8. The minimum Gasteiger partial charge on any atom is -0.370 e. The van der Waals surface area contributed by atoms with Crippen LogP contribution in [-0.2, 0) is 13.0 Å². The molecule has 0 radical (unpaired) electrons. The third kappa shape index (κ3) is 5.28. The SMILES string of the molecule is Cc1cccc(CNc2cc(NCCc3ccc(F)cc3)ncn2)c1. The van der Waals surface area contributed by atoms with Gasteiger partial charge in [-0.3, -0.25) is 0 Å². The Bertz CT molecular complexity index is 818. The summed E-state index contributed by atoms with van der Waals surface area (Å²) in [5.41, 5.74) is 3.54. The Morgan fingerprint density at radius 2 is 1.64 bits per heavy atom. The maximum absolute atomic E-state index is 12.9. The molecule has 0 fully saturated rings. The summed E-state index contributed by atoms with van der Waals surface area (Å²) in [6.07, 6.45) is 2.34. The second kappa shape index (κ2) is 8.24. The Morgan fingerprint density at radius 3 is 2.40 bits per heavy atom. The Kier molecular flexibility index (Phi) is 5.57. The van der Waals surface area contributed by atoms with Gasteiger partial charge in [0.05, 0.1) is 0 Å². The first-order chi connectivity index (χ1) is 12.2. The fraction of sp³-hybridized carbons (Fsp3) is 0.200. The lowest BCUT2D eigenvalue weighted by Gasteiger charge is -2.09. The fourth-order valence-electron chi connectivity index (χ4n) is 2.55. The Balaban J connectivity index is 1.51. The molecule has 1 heterocycles. The minimum atomic E-state index is -0.211. The summed E-state index contributed by atoms with van der Waals surface area (Å²) in [6.45, 7) is 3.52. The third-order valence-corrected chi connectivity index (χ3v) is 3.86. The molecule has 4 nitrogen and oxygen atoms in total. The molecule has 0 aliphatic heterocycles. The topological polar surface area (TPSA) is 49.8 Å². The number of aryl methyl sites for hydroxylation is 1. The van der Waals surface area contributed by atoms with Gasteiger partial charge in [-0.2, -0.15) is 0 Å². The molecule has 0 unspecified atom stereocenters. The van der Waals surface area contributed by atoms with Crippen LogP contribution in [0, 0.1) is 12.7 Å². The van der Waals surface area contributed by atoms with E-state index in [-0.39, 0.29) is 5.82 Å². The van der Waals surface area contributed by atoms with Gasteiger partial charge in [0.2, 0.25) is 0 Å². The van der Waals surface area contributed by atoms with Gasteiger partial charge in [0, 0.05) is 19.2 Å². The molecule has 0 saturated carbocycles. The van der Waals surface area contributed by atoms with Crippen molar-refractivity contribution in [2.45, 2.75) is 19.9 Å². The smallest absolute Gasteiger partial charge is 0.131 e. The number of benzene rings is 2. The van der Waals surface area contributed by atoms with Gasteiger partial charge in [0.15, 0.2) is 0 Å². The van der Waals surface area contributed by atoms with E-state index in [2.05, 4.69) is 51.8 Å². The van der Waals surface area contributed by atoms with Gasteiger partial charge in [-0.25, -0.2) is 14.4 Å². The normalized spacial score (nSPS) is 10.5. The average molecular weight is 336 g/mol. The zero-order chi connectivity index (χ0) is 17.5. The molecule has 25 heavy (non-hydrogen) atoms. The first kappa shape index (κ1) is 16.9. The summed E-state index contributed by atoms with van der Waals surface area (Å²) in [5.74, 6) is 1.33. The van der Waals surface area contributed by atoms with Crippen LogP contribution in [-0.4, -0.2) is 16.5 Å². The van der Waals surface area contributed by atoms with E-state index < -0.39 is 0 Å². The Labute approximate surface area is 147 Å². The lowest BCUT2D eigenvalue weighted by molar-refractivity contribution is 0.627. The first-order valence-corrected chi connectivity index (χ1v) is 8.29. The molecule has 3 aromatic rings. The molecule has 2 aromatic carbocycles. The lowest BCUT2D eigenvalue weighted by Crippen LogP contribution is -2.08. The van der Waals surface area contributed by atoms with Gasteiger partial charge < -0.3 is 10.6 Å². The van der Waals surface area contributed by atoms with Gasteiger partial charge in [-0.15, -0.1) is 0 Å². The van der Waals surface area contributed by atoms with E-state index in [1.165, 1.54) is 23.3 Å². The van der Waals surface area contributed by atoms with Crippen molar-refractivity contribution in [3.63, 3.8) is 0 Å². The van der Waals surface area contributed by atoms with E-state index in [1.54, 1.807) is 18.5 Å². The second-order valence-electron chi connectivity index (χ2n) is 5.93. The minimum absolute atomic E-state index is 0.211. The van der Waals surface area contributed by atoms with Crippen molar-refractivity contribution in [2.24, 2.45) is 0 Å². The van der Waals surface area contributed by atoms with Crippen LogP contribution in [0.1, 0.15) is 16.7 Å². The molecule has 0 aliphatic rings. The molecule has 5 heteroatoms. The number of nitrogens with one attached hydrogen (secondary N) is 2. The quantitative estimate of drug-likeness (QED) is 0.679. The molecule has 128 valence electrons. The molecule has 0 amide bonds. The summed E-state index contributed by atoms with van der Waals surface area (Å²) >= 11 is 0. The van der Waals surface area contributed by atoms with Crippen LogP contribution in [0.3, 0.4) is 0 Å². The number of anilines is 2.